The largest absolute Gasteiger partial charge is 0.460 e. The molecule has 0 bridgehead atoms. The van der Waals surface area contributed by atoms with E-state index in [0.717, 1.165) is 0 Å². The summed E-state index contributed by atoms with van der Waals surface area (Å²) >= 11 is 0. The van der Waals surface area contributed by atoms with E-state index in [9.17, 15) is 4.79 Å². The van der Waals surface area contributed by atoms with Gasteiger partial charge in [-0.3, -0.25) is 0 Å². The monoisotopic (exact) mass is 650 g/mol. The van der Waals surface area contributed by atoms with Gasteiger partial charge < -0.3 is 61.9 Å². The summed E-state index contributed by atoms with van der Waals surface area (Å²) in [4.78, 5) is 11.8. The Labute approximate surface area is 267 Å². The van der Waals surface area contributed by atoms with E-state index >= 15 is 0 Å². The van der Waals surface area contributed by atoms with Crippen LogP contribution in [-0.4, -0.2) is 170 Å². The van der Waals surface area contributed by atoms with Crippen LogP contribution in [0, 0.1) is 0 Å². The number of aliphatic hydroxyl groups excluding tert-OH is 1. The molecule has 0 fully saturated rings. The van der Waals surface area contributed by atoms with E-state index < -0.39 is 0 Å². The van der Waals surface area contributed by atoms with Crippen molar-refractivity contribution < 1.29 is 66.7 Å². The molecular formula is C31H54O14. The fourth-order valence-electron chi connectivity index (χ4n) is 3.22. The van der Waals surface area contributed by atoms with Crippen LogP contribution in [0.25, 0.3) is 0 Å². The first-order chi connectivity index (χ1) is 22.3. The molecule has 0 aliphatic carbocycles. The zero-order chi connectivity index (χ0) is 32.1. The summed E-state index contributed by atoms with van der Waals surface area (Å²) in [6.45, 7) is 10.5. The summed E-state index contributed by atoms with van der Waals surface area (Å²) in [5.74, 6) is -0.358. The maximum absolute atomic E-state index is 11.8. The molecule has 1 rings (SSSR count). The third-order valence-electron chi connectivity index (χ3n) is 5.43. The molecule has 1 aromatic carbocycles. The molecule has 1 N–H and O–H groups in total. The maximum Gasteiger partial charge on any atom is 0.338 e. The van der Waals surface area contributed by atoms with Crippen LogP contribution in [0.5, 0.6) is 0 Å². The average Bonchev–Trinajstić information content (AvgIpc) is 3.06. The van der Waals surface area contributed by atoms with E-state index in [4.69, 9.17) is 61.9 Å². The second-order valence-electron chi connectivity index (χ2n) is 8.96. The van der Waals surface area contributed by atoms with E-state index in [1.807, 2.05) is 6.07 Å². The molecule has 0 atom stereocenters. The van der Waals surface area contributed by atoms with E-state index in [-0.39, 0.29) is 19.2 Å². The van der Waals surface area contributed by atoms with E-state index in [0.29, 0.717) is 151 Å². The molecule has 1 aromatic rings. The minimum absolute atomic E-state index is 0.0216. The Morgan fingerprint density at radius 2 is 0.622 bits per heavy atom. The first kappa shape index (κ1) is 41.2. The third-order valence-corrected chi connectivity index (χ3v) is 5.43. The Hall–Kier alpha value is -1.79. The average molecular weight is 651 g/mol. The number of hydrogen-bond donors (Lipinski definition) is 1. The van der Waals surface area contributed by atoms with Crippen molar-refractivity contribution in [3.05, 3.63) is 35.9 Å². The number of esters is 1. The fourth-order valence-corrected chi connectivity index (χ4v) is 3.22. The first-order valence-electron chi connectivity index (χ1n) is 15.5. The molecule has 0 aromatic heterocycles. The summed E-state index contributed by atoms with van der Waals surface area (Å²) in [6.07, 6.45) is 0. The zero-order valence-electron chi connectivity index (χ0n) is 26.6. The molecule has 0 spiro atoms. The Balaban J connectivity index is 1.63. The highest BCUT2D eigenvalue weighted by Gasteiger charge is 2.05. The maximum atomic E-state index is 11.8. The van der Waals surface area contributed by atoms with Gasteiger partial charge in [0.25, 0.3) is 0 Å². The minimum Gasteiger partial charge on any atom is -0.460 e. The molecule has 0 saturated heterocycles. The lowest BCUT2D eigenvalue weighted by Gasteiger charge is -2.09. The fraction of sp³-hybridized carbons (Fsp3) is 0.774. The second kappa shape index (κ2) is 35.1. The second-order valence-corrected chi connectivity index (χ2v) is 8.96. The van der Waals surface area contributed by atoms with Gasteiger partial charge in [0.1, 0.15) is 6.61 Å². The van der Waals surface area contributed by atoms with Gasteiger partial charge in [0.2, 0.25) is 0 Å². The zero-order valence-corrected chi connectivity index (χ0v) is 26.6. The molecule has 0 heterocycles. The van der Waals surface area contributed by atoms with Crippen LogP contribution in [-0.2, 0) is 56.8 Å². The number of benzene rings is 1. The normalized spacial score (nSPS) is 11.3. The van der Waals surface area contributed by atoms with E-state index in [2.05, 4.69) is 0 Å². The lowest BCUT2D eigenvalue weighted by molar-refractivity contribution is -0.0283. The molecule has 0 amide bonds. The van der Waals surface area contributed by atoms with Crippen LogP contribution in [0.1, 0.15) is 10.4 Å². The smallest absolute Gasteiger partial charge is 0.338 e. The van der Waals surface area contributed by atoms with Crippen molar-refractivity contribution in [2.45, 2.75) is 0 Å². The van der Waals surface area contributed by atoms with Crippen LogP contribution < -0.4 is 0 Å². The molecule has 14 nitrogen and oxygen atoms in total. The Kier molecular flexibility index (Phi) is 32.1. The number of rotatable bonds is 36. The summed E-state index contributed by atoms with van der Waals surface area (Å²) in [5.41, 5.74) is 0.523. The highest BCUT2D eigenvalue weighted by molar-refractivity contribution is 5.89. The highest BCUT2D eigenvalue weighted by Crippen LogP contribution is 2.00. The lowest BCUT2D eigenvalue weighted by Crippen LogP contribution is -2.15. The van der Waals surface area contributed by atoms with Gasteiger partial charge in [-0.15, -0.1) is 0 Å². The molecule has 0 aliphatic heterocycles. The van der Waals surface area contributed by atoms with Crippen LogP contribution >= 0.6 is 0 Å². The van der Waals surface area contributed by atoms with Crippen LogP contribution in [0.4, 0.5) is 0 Å². The van der Waals surface area contributed by atoms with Crippen LogP contribution in [0.2, 0.25) is 0 Å². The van der Waals surface area contributed by atoms with Crippen molar-refractivity contribution in [3.8, 4) is 0 Å². The molecule has 0 saturated carbocycles. The van der Waals surface area contributed by atoms with E-state index in [1.165, 1.54) is 0 Å². The highest BCUT2D eigenvalue weighted by atomic mass is 16.6. The quantitative estimate of drug-likeness (QED) is 0.0814. The summed E-state index contributed by atoms with van der Waals surface area (Å²) < 4.78 is 64.5. The van der Waals surface area contributed by atoms with Crippen molar-refractivity contribution in [2.24, 2.45) is 0 Å². The van der Waals surface area contributed by atoms with Gasteiger partial charge in [-0.05, 0) is 12.1 Å². The van der Waals surface area contributed by atoms with Gasteiger partial charge in [0.15, 0.2) is 0 Å². The summed E-state index contributed by atoms with van der Waals surface area (Å²) in [5, 5.41) is 8.57. The standard InChI is InChI=1S/C31H54O14/c32-6-7-34-8-9-35-10-11-36-12-13-37-14-15-38-16-17-39-18-19-40-20-21-41-22-23-42-24-25-43-26-27-44-28-29-45-31(33)30-4-2-1-3-5-30/h1-5,32H,6-29H2. The molecule has 0 radical (unpaired) electrons. The minimum atomic E-state index is -0.358. The lowest BCUT2D eigenvalue weighted by atomic mass is 10.2. The van der Waals surface area contributed by atoms with Gasteiger partial charge in [0.05, 0.1) is 158 Å². The van der Waals surface area contributed by atoms with Crippen molar-refractivity contribution in [3.63, 3.8) is 0 Å². The van der Waals surface area contributed by atoms with Gasteiger partial charge in [0, 0.05) is 0 Å². The number of carbonyl (C=O) groups excluding carboxylic acids is 1. The third kappa shape index (κ3) is 30.6. The van der Waals surface area contributed by atoms with Crippen molar-refractivity contribution in [1.29, 1.82) is 0 Å². The number of carbonyl (C=O) groups is 1. The molecule has 14 heteroatoms. The van der Waals surface area contributed by atoms with Crippen LogP contribution in [0.15, 0.2) is 30.3 Å². The summed E-state index contributed by atoms with van der Waals surface area (Å²) in [7, 11) is 0. The van der Waals surface area contributed by atoms with E-state index in [1.54, 1.807) is 24.3 Å². The van der Waals surface area contributed by atoms with Gasteiger partial charge in [-0.2, -0.15) is 0 Å². The summed E-state index contributed by atoms with van der Waals surface area (Å²) in [6, 6.07) is 8.84. The number of aliphatic hydroxyl groups is 1. The Morgan fingerprint density at radius 1 is 0.378 bits per heavy atom. The molecular weight excluding hydrogens is 596 g/mol. The molecule has 45 heavy (non-hydrogen) atoms. The van der Waals surface area contributed by atoms with Crippen molar-refractivity contribution in [1.82, 2.24) is 0 Å². The predicted octanol–water partition coefficient (Wildman–Crippen LogP) is 1.02. The SMILES string of the molecule is O=C(OCCOCCOCCOCCOCCOCCOCCOCCOCCOCCOCCOCCO)c1ccccc1. The van der Waals surface area contributed by atoms with Gasteiger partial charge in [-0.1, -0.05) is 18.2 Å². The van der Waals surface area contributed by atoms with Gasteiger partial charge in [-0.25, -0.2) is 4.79 Å². The molecule has 0 aliphatic rings. The van der Waals surface area contributed by atoms with Crippen molar-refractivity contribution >= 4 is 5.97 Å². The molecule has 262 valence electrons. The number of hydrogen-bond acceptors (Lipinski definition) is 14. The van der Waals surface area contributed by atoms with Gasteiger partial charge >= 0.3 is 5.97 Å². The van der Waals surface area contributed by atoms with Crippen molar-refractivity contribution in [2.75, 3.05) is 159 Å². The van der Waals surface area contributed by atoms with Crippen LogP contribution in [0.3, 0.4) is 0 Å². The first-order valence-corrected chi connectivity index (χ1v) is 15.5. The Bertz CT molecular complexity index is 728. The topological polar surface area (TPSA) is 148 Å². The molecule has 0 unspecified atom stereocenters. The Morgan fingerprint density at radius 3 is 0.889 bits per heavy atom. The predicted molar refractivity (Wildman–Crippen MR) is 163 cm³/mol. The number of ether oxygens (including phenoxy) is 12.